The van der Waals surface area contributed by atoms with E-state index in [1.54, 1.807) is 0 Å². The molecule has 2 aromatic heterocycles. The number of nitrogens with one attached hydrogen (secondary N) is 1. The van der Waals surface area contributed by atoms with E-state index in [0.29, 0.717) is 11.9 Å². The normalized spacial score (nSPS) is 19.4. The van der Waals surface area contributed by atoms with Gasteiger partial charge in [0.15, 0.2) is 5.82 Å². The fourth-order valence-electron chi connectivity index (χ4n) is 2.86. The van der Waals surface area contributed by atoms with Crippen LogP contribution < -0.4 is 5.32 Å². The summed E-state index contributed by atoms with van der Waals surface area (Å²) in [4.78, 5) is 4.47. The van der Waals surface area contributed by atoms with Gasteiger partial charge in [0, 0.05) is 31.3 Å². The summed E-state index contributed by atoms with van der Waals surface area (Å²) in [5.41, 5.74) is 0. The molecule has 3 heterocycles. The molecule has 120 valence electrons. The molecule has 0 saturated carbocycles. The van der Waals surface area contributed by atoms with E-state index in [1.165, 1.54) is 0 Å². The Balaban J connectivity index is 1.66. The molecule has 0 amide bonds. The quantitative estimate of drug-likeness (QED) is 0.910. The molecule has 2 aromatic rings. The maximum absolute atomic E-state index is 5.37. The zero-order chi connectivity index (χ0) is 15.7. The highest BCUT2D eigenvalue weighted by molar-refractivity contribution is 5.02. The molecule has 0 spiro atoms. The zero-order valence-corrected chi connectivity index (χ0v) is 13.7. The van der Waals surface area contributed by atoms with Crippen molar-refractivity contribution in [3.63, 3.8) is 0 Å². The Hall–Kier alpha value is -1.76. The van der Waals surface area contributed by atoms with Gasteiger partial charge in [-0.05, 0) is 13.3 Å². The van der Waals surface area contributed by atoms with E-state index in [2.05, 4.69) is 57.9 Å². The molecule has 1 aliphatic heterocycles. The Morgan fingerprint density at radius 2 is 2.14 bits per heavy atom. The summed E-state index contributed by atoms with van der Waals surface area (Å²) in [6.45, 7) is 9.21. The molecule has 2 unspecified atom stereocenters. The maximum Gasteiger partial charge on any atom is 0.243 e. The molecular weight excluding hydrogens is 280 g/mol. The van der Waals surface area contributed by atoms with E-state index in [0.717, 1.165) is 43.3 Å². The van der Waals surface area contributed by atoms with Crippen LogP contribution in [0.15, 0.2) is 4.52 Å². The average Bonchev–Trinajstić information content (AvgIpc) is 3.13. The van der Waals surface area contributed by atoms with Crippen LogP contribution in [0.25, 0.3) is 0 Å². The molecular formula is C15H24N6O. The Morgan fingerprint density at radius 1 is 1.32 bits per heavy atom. The van der Waals surface area contributed by atoms with Gasteiger partial charge in [-0.3, -0.25) is 0 Å². The van der Waals surface area contributed by atoms with Crippen LogP contribution in [-0.4, -0.2) is 30.9 Å². The molecule has 0 fully saturated rings. The van der Waals surface area contributed by atoms with Crippen molar-refractivity contribution in [1.29, 1.82) is 0 Å². The number of hydrogen-bond acceptors (Lipinski definition) is 6. The fourth-order valence-corrected chi connectivity index (χ4v) is 2.86. The van der Waals surface area contributed by atoms with Crippen LogP contribution in [0.2, 0.25) is 0 Å². The molecule has 3 rings (SSSR count). The van der Waals surface area contributed by atoms with Crippen LogP contribution in [0.5, 0.6) is 0 Å². The standard InChI is InChI=1S/C15H24N6O/c1-5-12-18-19-13-7-6-11(8-21(12)13)16-10(4)15-17-14(9(2)3)20-22-15/h9-11,16H,5-8H2,1-4H3. The monoisotopic (exact) mass is 304 g/mol. The highest BCUT2D eigenvalue weighted by Gasteiger charge is 2.25. The molecule has 7 heteroatoms. The van der Waals surface area contributed by atoms with Gasteiger partial charge in [-0.15, -0.1) is 10.2 Å². The lowest BCUT2D eigenvalue weighted by Gasteiger charge is -2.27. The number of aryl methyl sites for hydroxylation is 2. The summed E-state index contributed by atoms with van der Waals surface area (Å²) in [5, 5.41) is 16.2. The third-order valence-corrected chi connectivity index (χ3v) is 4.17. The smallest absolute Gasteiger partial charge is 0.243 e. The van der Waals surface area contributed by atoms with Gasteiger partial charge in [-0.1, -0.05) is 25.9 Å². The lowest BCUT2D eigenvalue weighted by Crippen LogP contribution is -2.39. The SMILES string of the molecule is CCc1nnc2n1CC(NC(C)c1nc(C(C)C)no1)CC2. The van der Waals surface area contributed by atoms with Gasteiger partial charge in [-0.2, -0.15) is 4.98 Å². The van der Waals surface area contributed by atoms with Gasteiger partial charge in [0.05, 0.1) is 6.04 Å². The molecule has 7 nitrogen and oxygen atoms in total. The van der Waals surface area contributed by atoms with Crippen molar-refractivity contribution in [2.24, 2.45) is 0 Å². The first-order chi connectivity index (χ1) is 10.6. The minimum absolute atomic E-state index is 0.0492. The summed E-state index contributed by atoms with van der Waals surface area (Å²) in [7, 11) is 0. The predicted octanol–water partition coefficient (Wildman–Crippen LogP) is 2.01. The zero-order valence-electron chi connectivity index (χ0n) is 13.7. The highest BCUT2D eigenvalue weighted by atomic mass is 16.5. The van der Waals surface area contributed by atoms with Crippen molar-refractivity contribution in [2.45, 2.75) is 71.5 Å². The van der Waals surface area contributed by atoms with Crippen LogP contribution in [0, 0.1) is 0 Å². The summed E-state index contributed by atoms with van der Waals surface area (Å²) in [6, 6.07) is 0.423. The average molecular weight is 304 g/mol. The van der Waals surface area contributed by atoms with Crippen molar-refractivity contribution in [3.8, 4) is 0 Å². The van der Waals surface area contributed by atoms with Crippen LogP contribution in [0.4, 0.5) is 0 Å². The molecule has 0 bridgehead atoms. The number of hydrogen-bond donors (Lipinski definition) is 1. The van der Waals surface area contributed by atoms with Crippen LogP contribution in [-0.2, 0) is 19.4 Å². The molecule has 1 aliphatic rings. The van der Waals surface area contributed by atoms with Crippen LogP contribution in [0.3, 0.4) is 0 Å². The van der Waals surface area contributed by atoms with E-state index in [4.69, 9.17) is 4.52 Å². The van der Waals surface area contributed by atoms with Crippen molar-refractivity contribution in [3.05, 3.63) is 23.4 Å². The summed E-state index contributed by atoms with van der Waals surface area (Å²) < 4.78 is 7.61. The van der Waals surface area contributed by atoms with Crippen molar-refractivity contribution in [2.75, 3.05) is 0 Å². The third-order valence-electron chi connectivity index (χ3n) is 4.17. The Labute approximate surface area is 130 Å². The minimum Gasteiger partial charge on any atom is -0.338 e. The van der Waals surface area contributed by atoms with Crippen molar-refractivity contribution < 1.29 is 4.52 Å². The number of aromatic nitrogens is 5. The minimum atomic E-state index is 0.0492. The molecule has 2 atom stereocenters. The Kier molecular flexibility index (Phi) is 4.24. The second-order valence-corrected chi connectivity index (χ2v) is 6.27. The summed E-state index contributed by atoms with van der Waals surface area (Å²) in [6.07, 6.45) is 2.92. The topological polar surface area (TPSA) is 81.7 Å². The van der Waals surface area contributed by atoms with Gasteiger partial charge in [-0.25, -0.2) is 0 Å². The largest absolute Gasteiger partial charge is 0.338 e. The molecule has 0 radical (unpaired) electrons. The van der Waals surface area contributed by atoms with E-state index >= 15 is 0 Å². The lowest BCUT2D eigenvalue weighted by atomic mass is 10.1. The molecule has 0 aliphatic carbocycles. The number of rotatable bonds is 5. The molecule has 0 aromatic carbocycles. The molecule has 22 heavy (non-hydrogen) atoms. The molecule has 1 N–H and O–H groups in total. The van der Waals surface area contributed by atoms with Gasteiger partial charge in [0.1, 0.15) is 11.6 Å². The van der Waals surface area contributed by atoms with Crippen LogP contribution >= 0.6 is 0 Å². The predicted molar refractivity (Wildman–Crippen MR) is 81.4 cm³/mol. The lowest BCUT2D eigenvalue weighted by molar-refractivity contribution is 0.292. The third kappa shape index (κ3) is 2.90. The Bertz CT molecular complexity index is 618. The van der Waals surface area contributed by atoms with E-state index in [1.807, 2.05) is 0 Å². The fraction of sp³-hybridized carbons (Fsp3) is 0.733. The van der Waals surface area contributed by atoms with Gasteiger partial charge < -0.3 is 14.4 Å². The van der Waals surface area contributed by atoms with Gasteiger partial charge in [0.25, 0.3) is 0 Å². The maximum atomic E-state index is 5.37. The highest BCUT2D eigenvalue weighted by Crippen LogP contribution is 2.20. The van der Waals surface area contributed by atoms with Crippen molar-refractivity contribution >= 4 is 0 Å². The first-order valence-corrected chi connectivity index (χ1v) is 8.09. The van der Waals surface area contributed by atoms with Gasteiger partial charge in [0.2, 0.25) is 5.89 Å². The first-order valence-electron chi connectivity index (χ1n) is 8.09. The Morgan fingerprint density at radius 3 is 2.82 bits per heavy atom. The second kappa shape index (κ2) is 6.16. The number of fused-ring (bicyclic) bond motifs is 1. The first kappa shape index (κ1) is 15.1. The second-order valence-electron chi connectivity index (χ2n) is 6.27. The summed E-state index contributed by atoms with van der Waals surface area (Å²) >= 11 is 0. The van der Waals surface area contributed by atoms with E-state index in [9.17, 15) is 0 Å². The van der Waals surface area contributed by atoms with E-state index in [-0.39, 0.29) is 12.0 Å². The summed E-state index contributed by atoms with van der Waals surface area (Å²) in [5.74, 6) is 3.87. The number of nitrogens with zero attached hydrogens (tertiary/aromatic N) is 5. The van der Waals surface area contributed by atoms with Crippen LogP contribution in [0.1, 0.15) is 69.4 Å². The molecule has 0 saturated heterocycles. The van der Waals surface area contributed by atoms with Gasteiger partial charge >= 0.3 is 0 Å². The van der Waals surface area contributed by atoms with Crippen molar-refractivity contribution in [1.82, 2.24) is 30.2 Å². The van der Waals surface area contributed by atoms with E-state index < -0.39 is 0 Å².